The first kappa shape index (κ1) is 18.0. The van der Waals surface area contributed by atoms with Crippen LogP contribution in [-0.4, -0.2) is 50.6 Å². The molecule has 2 aromatic heterocycles. The van der Waals surface area contributed by atoms with E-state index in [2.05, 4.69) is 19.9 Å². The predicted molar refractivity (Wildman–Crippen MR) is 102 cm³/mol. The summed E-state index contributed by atoms with van der Waals surface area (Å²) in [6, 6.07) is 9.68. The highest BCUT2D eigenvalue weighted by molar-refractivity contribution is 5.68. The molecule has 1 amide bonds. The van der Waals surface area contributed by atoms with E-state index in [0.717, 1.165) is 23.5 Å². The zero-order valence-electron chi connectivity index (χ0n) is 15.5. The number of rotatable bonds is 5. The molecule has 3 heterocycles. The number of hydrogen-bond acceptors (Lipinski definition) is 6. The van der Waals surface area contributed by atoms with Gasteiger partial charge in [0.05, 0.1) is 18.5 Å². The Morgan fingerprint density at radius 2 is 1.96 bits per heavy atom. The lowest BCUT2D eigenvalue weighted by Gasteiger charge is -2.14. The number of carbonyl (C=O) groups is 1. The molecule has 0 aliphatic carbocycles. The first-order valence-electron chi connectivity index (χ1n) is 9.25. The van der Waals surface area contributed by atoms with Gasteiger partial charge in [0.1, 0.15) is 11.6 Å². The van der Waals surface area contributed by atoms with Crippen molar-refractivity contribution in [2.75, 3.05) is 19.7 Å². The van der Waals surface area contributed by atoms with Crippen LogP contribution in [0.15, 0.2) is 48.9 Å². The molecule has 1 fully saturated rings. The Hall–Kier alpha value is -3.42. The number of aromatic amines is 1. The average molecular weight is 379 g/mol. The van der Waals surface area contributed by atoms with Gasteiger partial charge in [0, 0.05) is 37.0 Å². The second-order valence-electron chi connectivity index (χ2n) is 6.48. The third kappa shape index (κ3) is 3.95. The van der Waals surface area contributed by atoms with Crippen LogP contribution >= 0.6 is 0 Å². The Balaban J connectivity index is 1.41. The standard InChI is InChI=1S/C20H21N5O3/c1-2-27-20(26)25-9-8-14(13-25)18-21-12-17(24-18)15-10-22-19(23-11-15)28-16-6-4-3-5-7-16/h3-7,10-12,14H,2,8-9,13H2,1H3,(H,21,24)/t14-/m1/s1. The number of imidazole rings is 1. The number of hydrogen-bond donors (Lipinski definition) is 1. The van der Waals surface area contributed by atoms with Crippen molar-refractivity contribution < 1.29 is 14.3 Å². The molecule has 1 atom stereocenters. The molecule has 144 valence electrons. The summed E-state index contributed by atoms with van der Waals surface area (Å²) in [5, 5.41) is 0. The van der Waals surface area contributed by atoms with Crippen molar-refractivity contribution in [2.45, 2.75) is 19.3 Å². The van der Waals surface area contributed by atoms with Crippen LogP contribution in [-0.2, 0) is 4.74 Å². The van der Waals surface area contributed by atoms with E-state index in [4.69, 9.17) is 9.47 Å². The number of nitrogens with one attached hydrogen (secondary N) is 1. The van der Waals surface area contributed by atoms with Gasteiger partial charge in [0.15, 0.2) is 0 Å². The Morgan fingerprint density at radius 3 is 2.71 bits per heavy atom. The highest BCUT2D eigenvalue weighted by Gasteiger charge is 2.29. The van der Waals surface area contributed by atoms with Crippen molar-refractivity contribution in [1.82, 2.24) is 24.8 Å². The van der Waals surface area contributed by atoms with Gasteiger partial charge in [-0.25, -0.2) is 19.7 Å². The molecule has 4 rings (SSSR count). The fraction of sp³-hybridized carbons (Fsp3) is 0.300. The van der Waals surface area contributed by atoms with E-state index in [1.165, 1.54) is 0 Å². The molecular formula is C20H21N5O3. The molecule has 0 bridgehead atoms. The molecule has 0 radical (unpaired) electrons. The minimum atomic E-state index is -0.265. The second kappa shape index (κ2) is 8.08. The lowest BCUT2D eigenvalue weighted by Crippen LogP contribution is -2.29. The molecule has 0 spiro atoms. The number of benzene rings is 1. The zero-order chi connectivity index (χ0) is 19.3. The zero-order valence-corrected chi connectivity index (χ0v) is 15.5. The fourth-order valence-electron chi connectivity index (χ4n) is 3.16. The van der Waals surface area contributed by atoms with Crippen LogP contribution in [0.1, 0.15) is 25.1 Å². The van der Waals surface area contributed by atoms with Gasteiger partial charge in [0.25, 0.3) is 0 Å². The lowest BCUT2D eigenvalue weighted by molar-refractivity contribution is 0.115. The topological polar surface area (TPSA) is 93.2 Å². The summed E-state index contributed by atoms with van der Waals surface area (Å²) in [5.74, 6) is 1.71. The van der Waals surface area contributed by atoms with Gasteiger partial charge < -0.3 is 19.4 Å². The molecule has 1 aliphatic rings. The van der Waals surface area contributed by atoms with Crippen LogP contribution in [0.25, 0.3) is 11.3 Å². The third-order valence-corrected chi connectivity index (χ3v) is 4.59. The summed E-state index contributed by atoms with van der Waals surface area (Å²) < 4.78 is 10.7. The van der Waals surface area contributed by atoms with E-state index in [1.807, 2.05) is 37.3 Å². The minimum Gasteiger partial charge on any atom is -0.450 e. The van der Waals surface area contributed by atoms with Crippen molar-refractivity contribution in [3.63, 3.8) is 0 Å². The molecule has 0 unspecified atom stereocenters. The van der Waals surface area contributed by atoms with Crippen LogP contribution in [0.5, 0.6) is 11.8 Å². The van der Waals surface area contributed by atoms with Gasteiger partial charge in [-0.1, -0.05) is 18.2 Å². The third-order valence-electron chi connectivity index (χ3n) is 4.59. The quantitative estimate of drug-likeness (QED) is 0.728. The van der Waals surface area contributed by atoms with E-state index in [-0.39, 0.29) is 18.0 Å². The number of H-pyrrole nitrogens is 1. The molecule has 1 N–H and O–H groups in total. The van der Waals surface area contributed by atoms with Crippen LogP contribution in [0.2, 0.25) is 0 Å². The summed E-state index contributed by atoms with van der Waals surface area (Å²) in [5.41, 5.74) is 1.65. The monoisotopic (exact) mass is 379 g/mol. The van der Waals surface area contributed by atoms with E-state index in [0.29, 0.717) is 25.4 Å². The SMILES string of the molecule is CCOC(=O)N1CC[C@@H](c2ncc(-c3cnc(Oc4ccccc4)nc3)[nH]2)C1. The van der Waals surface area contributed by atoms with Gasteiger partial charge in [-0.05, 0) is 25.5 Å². The summed E-state index contributed by atoms with van der Waals surface area (Å²) in [6.07, 6.45) is 5.74. The van der Waals surface area contributed by atoms with Gasteiger partial charge in [-0.15, -0.1) is 0 Å². The summed E-state index contributed by atoms with van der Waals surface area (Å²) in [4.78, 5) is 29.9. The number of amides is 1. The predicted octanol–water partition coefficient (Wildman–Crippen LogP) is 3.60. The molecule has 8 nitrogen and oxygen atoms in total. The number of nitrogens with zero attached hydrogens (tertiary/aromatic N) is 4. The Kier molecular flexibility index (Phi) is 5.18. The Labute approximate surface area is 162 Å². The number of para-hydroxylation sites is 1. The number of aromatic nitrogens is 4. The van der Waals surface area contributed by atoms with Crippen molar-refractivity contribution in [2.24, 2.45) is 0 Å². The van der Waals surface area contributed by atoms with Gasteiger partial charge in [-0.2, -0.15) is 0 Å². The van der Waals surface area contributed by atoms with Crippen LogP contribution < -0.4 is 4.74 Å². The molecule has 28 heavy (non-hydrogen) atoms. The van der Waals surface area contributed by atoms with Gasteiger partial charge >= 0.3 is 12.1 Å². The first-order chi connectivity index (χ1) is 13.7. The Bertz CT molecular complexity index is 927. The van der Waals surface area contributed by atoms with Crippen molar-refractivity contribution in [3.05, 3.63) is 54.7 Å². The molecule has 1 aromatic carbocycles. The van der Waals surface area contributed by atoms with Crippen molar-refractivity contribution in [3.8, 4) is 23.0 Å². The molecular weight excluding hydrogens is 358 g/mol. The molecule has 1 aliphatic heterocycles. The van der Waals surface area contributed by atoms with Crippen molar-refractivity contribution >= 4 is 6.09 Å². The smallest absolute Gasteiger partial charge is 0.409 e. The summed E-state index contributed by atoms with van der Waals surface area (Å²) in [7, 11) is 0. The number of ether oxygens (including phenoxy) is 2. The molecule has 1 saturated heterocycles. The van der Waals surface area contributed by atoms with E-state index < -0.39 is 0 Å². The summed E-state index contributed by atoms with van der Waals surface area (Å²) in [6.45, 7) is 3.47. The van der Waals surface area contributed by atoms with E-state index in [1.54, 1.807) is 23.5 Å². The second-order valence-corrected chi connectivity index (χ2v) is 6.48. The number of carbonyl (C=O) groups excluding carboxylic acids is 1. The highest BCUT2D eigenvalue weighted by atomic mass is 16.6. The maximum atomic E-state index is 11.9. The first-order valence-corrected chi connectivity index (χ1v) is 9.25. The lowest BCUT2D eigenvalue weighted by atomic mass is 10.1. The van der Waals surface area contributed by atoms with E-state index >= 15 is 0 Å². The van der Waals surface area contributed by atoms with Crippen molar-refractivity contribution in [1.29, 1.82) is 0 Å². The number of likely N-dealkylation sites (tertiary alicyclic amines) is 1. The van der Waals surface area contributed by atoms with Crippen LogP contribution in [0.4, 0.5) is 4.79 Å². The van der Waals surface area contributed by atoms with Gasteiger partial charge in [-0.3, -0.25) is 0 Å². The maximum Gasteiger partial charge on any atom is 0.409 e. The largest absolute Gasteiger partial charge is 0.450 e. The molecule has 0 saturated carbocycles. The highest BCUT2D eigenvalue weighted by Crippen LogP contribution is 2.27. The molecule has 8 heteroatoms. The van der Waals surface area contributed by atoms with E-state index in [9.17, 15) is 4.79 Å². The van der Waals surface area contributed by atoms with Crippen LogP contribution in [0.3, 0.4) is 0 Å². The maximum absolute atomic E-state index is 11.9. The Morgan fingerprint density at radius 1 is 1.18 bits per heavy atom. The van der Waals surface area contributed by atoms with Gasteiger partial charge in [0.2, 0.25) is 0 Å². The van der Waals surface area contributed by atoms with Crippen LogP contribution in [0, 0.1) is 0 Å². The fourth-order valence-corrected chi connectivity index (χ4v) is 3.16. The normalized spacial score (nSPS) is 16.2. The summed E-state index contributed by atoms with van der Waals surface area (Å²) >= 11 is 0. The minimum absolute atomic E-state index is 0.166. The average Bonchev–Trinajstić information content (AvgIpc) is 3.39. The molecule has 3 aromatic rings.